The number of rotatable bonds is 5. The van der Waals surface area contributed by atoms with Crippen LogP contribution in [-0.2, 0) is 11.9 Å². The molecule has 1 saturated carbocycles. The predicted octanol–water partition coefficient (Wildman–Crippen LogP) is 4.33. The van der Waals surface area contributed by atoms with Crippen molar-refractivity contribution in [1.82, 2.24) is 10.4 Å². The molecule has 1 aromatic heterocycles. The van der Waals surface area contributed by atoms with E-state index in [1.54, 1.807) is 6.07 Å². The molecule has 0 bridgehead atoms. The lowest BCUT2D eigenvalue weighted by atomic mass is 10.1. The van der Waals surface area contributed by atoms with E-state index in [0.717, 1.165) is 29.5 Å². The number of amides is 2. The van der Waals surface area contributed by atoms with E-state index in [0.29, 0.717) is 33.7 Å². The summed E-state index contributed by atoms with van der Waals surface area (Å²) in [7, 11) is 0. The molecule has 2 amide bonds. The number of carbonyl (C=O) groups is 1. The fourth-order valence-corrected chi connectivity index (χ4v) is 4.34. The first kappa shape index (κ1) is 18.0. The number of benzene rings is 1. The summed E-state index contributed by atoms with van der Waals surface area (Å²) in [6, 6.07) is 5.01. The van der Waals surface area contributed by atoms with Gasteiger partial charge in [0.05, 0.1) is 17.6 Å². The number of carbonyl (C=O) groups excluding carboxylic acids is 1. The third kappa shape index (κ3) is 4.44. The summed E-state index contributed by atoms with van der Waals surface area (Å²) in [5, 5.41) is 3.04. The summed E-state index contributed by atoms with van der Waals surface area (Å²) in [5.74, 6) is 5.82. The third-order valence-electron chi connectivity index (χ3n) is 3.61. The van der Waals surface area contributed by atoms with Crippen LogP contribution in [0, 0.1) is 0 Å². The highest BCUT2D eigenvalue weighted by molar-refractivity contribution is 7.98. The summed E-state index contributed by atoms with van der Waals surface area (Å²) in [5.41, 5.74) is 3.68. The topological polar surface area (TPSA) is 80.0 Å². The molecule has 1 aliphatic rings. The molecule has 5 nitrogen and oxygen atoms in total. The number of hydrazine groups is 1. The van der Waals surface area contributed by atoms with E-state index in [1.807, 2.05) is 17.6 Å². The molecule has 1 heterocycles. The number of aromatic nitrogens is 1. The molecule has 25 heavy (non-hydrogen) atoms. The number of alkyl halides is 3. The molecule has 2 aromatic rings. The number of nitrogens with two attached hydrogens (primary N) is 1. The van der Waals surface area contributed by atoms with E-state index in [4.69, 9.17) is 5.84 Å². The number of nitrogens with one attached hydrogen (secondary N) is 2. The van der Waals surface area contributed by atoms with Gasteiger partial charge in [0.2, 0.25) is 0 Å². The number of thiazole rings is 1. The van der Waals surface area contributed by atoms with Crippen molar-refractivity contribution in [3.05, 3.63) is 39.8 Å². The van der Waals surface area contributed by atoms with Gasteiger partial charge in [-0.1, -0.05) is 12.1 Å². The van der Waals surface area contributed by atoms with Crippen LogP contribution < -0.4 is 16.6 Å². The van der Waals surface area contributed by atoms with Crippen LogP contribution in [0.5, 0.6) is 0 Å². The Balaban J connectivity index is 1.80. The second-order valence-electron chi connectivity index (χ2n) is 5.50. The largest absolute Gasteiger partial charge is 0.427 e. The molecular formula is C15H15F3N4OS2. The van der Waals surface area contributed by atoms with Gasteiger partial charge in [0.1, 0.15) is 9.88 Å². The van der Waals surface area contributed by atoms with Crippen molar-refractivity contribution < 1.29 is 18.0 Å². The molecule has 0 unspecified atom stereocenters. The predicted molar refractivity (Wildman–Crippen MR) is 91.4 cm³/mol. The lowest BCUT2D eigenvalue weighted by molar-refractivity contribution is -0.134. The minimum atomic E-state index is -4.38. The summed E-state index contributed by atoms with van der Waals surface area (Å²) in [6.45, 7) is 0. The monoisotopic (exact) mass is 388 g/mol. The smallest absolute Gasteiger partial charge is 0.306 e. The van der Waals surface area contributed by atoms with Crippen molar-refractivity contribution in [2.24, 2.45) is 5.84 Å². The van der Waals surface area contributed by atoms with Crippen molar-refractivity contribution in [3.63, 3.8) is 0 Å². The zero-order valence-electron chi connectivity index (χ0n) is 12.9. The van der Waals surface area contributed by atoms with Gasteiger partial charge in [0.25, 0.3) is 0 Å². The van der Waals surface area contributed by atoms with Gasteiger partial charge in [-0.3, -0.25) is 5.43 Å². The third-order valence-corrected chi connectivity index (χ3v) is 6.00. The summed E-state index contributed by atoms with van der Waals surface area (Å²) in [6.07, 6.45) is -1.39. The molecule has 1 aromatic carbocycles. The van der Waals surface area contributed by atoms with Crippen molar-refractivity contribution in [3.8, 4) is 0 Å². The molecule has 10 heteroatoms. The molecule has 1 fully saturated rings. The van der Waals surface area contributed by atoms with Gasteiger partial charge in [-0.25, -0.2) is 15.6 Å². The number of halogens is 3. The van der Waals surface area contributed by atoms with E-state index in [2.05, 4.69) is 10.3 Å². The lowest BCUT2D eigenvalue weighted by Gasteiger charge is -2.14. The van der Waals surface area contributed by atoms with Crippen molar-refractivity contribution in [2.75, 3.05) is 5.32 Å². The molecule has 0 spiro atoms. The van der Waals surface area contributed by atoms with Gasteiger partial charge in [-0.2, -0.15) is 13.2 Å². The molecular weight excluding hydrogens is 373 g/mol. The molecule has 0 radical (unpaired) electrons. The average Bonchev–Trinajstić information content (AvgIpc) is 3.29. The fourth-order valence-electron chi connectivity index (χ4n) is 2.33. The number of nitrogens with zero attached hydrogens (tertiary/aromatic N) is 1. The summed E-state index contributed by atoms with van der Waals surface area (Å²) >= 11 is 2.01. The second kappa shape index (κ2) is 7.22. The molecule has 0 aliphatic heterocycles. The van der Waals surface area contributed by atoms with Crippen molar-refractivity contribution in [1.29, 1.82) is 0 Å². The minimum absolute atomic E-state index is 0.295. The Kier molecular flexibility index (Phi) is 5.21. The SMILES string of the molecule is NNC(=O)Nc1cccc(C2CC2)c1SCc1ncc(C(F)(F)F)s1. The van der Waals surface area contributed by atoms with Crippen LogP contribution in [0.15, 0.2) is 29.3 Å². The van der Waals surface area contributed by atoms with Crippen LogP contribution in [0.3, 0.4) is 0 Å². The summed E-state index contributed by atoms with van der Waals surface area (Å²) in [4.78, 5) is 15.5. The fraction of sp³-hybridized carbons (Fsp3) is 0.333. The first-order valence-corrected chi connectivity index (χ1v) is 9.24. The Bertz CT molecular complexity index is 774. The maximum absolute atomic E-state index is 12.7. The number of anilines is 1. The van der Waals surface area contributed by atoms with Gasteiger partial charge >= 0.3 is 12.2 Å². The van der Waals surface area contributed by atoms with Crippen LogP contribution in [0.2, 0.25) is 0 Å². The van der Waals surface area contributed by atoms with E-state index in [9.17, 15) is 18.0 Å². The first-order chi connectivity index (χ1) is 11.9. The zero-order valence-corrected chi connectivity index (χ0v) is 14.5. The molecule has 0 saturated heterocycles. The van der Waals surface area contributed by atoms with Crippen LogP contribution in [0.4, 0.5) is 23.7 Å². The molecule has 1 aliphatic carbocycles. The lowest BCUT2D eigenvalue weighted by Crippen LogP contribution is -2.34. The minimum Gasteiger partial charge on any atom is -0.306 e. The van der Waals surface area contributed by atoms with Crippen LogP contribution in [-0.4, -0.2) is 11.0 Å². The molecule has 4 N–H and O–H groups in total. The number of urea groups is 1. The quantitative estimate of drug-likeness (QED) is 0.308. The van der Waals surface area contributed by atoms with E-state index in [-0.39, 0.29) is 0 Å². The highest BCUT2D eigenvalue weighted by Gasteiger charge is 2.33. The average molecular weight is 388 g/mol. The Labute approximate surface area is 150 Å². The zero-order chi connectivity index (χ0) is 18.0. The molecule has 3 rings (SSSR count). The Hall–Kier alpha value is -1.78. The Morgan fingerprint density at radius 2 is 2.16 bits per heavy atom. The standard InChI is InChI=1S/C15H15F3N4OS2/c16-15(17,18)11-6-20-12(25-11)7-24-13-9(8-4-5-8)2-1-3-10(13)21-14(23)22-19/h1-3,6,8H,4-5,7,19H2,(H2,21,22,23). The van der Waals surface area contributed by atoms with Gasteiger partial charge in [-0.15, -0.1) is 23.1 Å². The maximum atomic E-state index is 12.7. The van der Waals surface area contributed by atoms with Crippen LogP contribution >= 0.6 is 23.1 Å². The van der Waals surface area contributed by atoms with Gasteiger partial charge in [-0.05, 0) is 30.4 Å². The van der Waals surface area contributed by atoms with Crippen molar-refractivity contribution in [2.45, 2.75) is 35.6 Å². The number of hydrogen-bond acceptors (Lipinski definition) is 5. The Morgan fingerprint density at radius 1 is 1.40 bits per heavy atom. The number of thioether (sulfide) groups is 1. The van der Waals surface area contributed by atoms with E-state index >= 15 is 0 Å². The van der Waals surface area contributed by atoms with Gasteiger partial charge < -0.3 is 5.32 Å². The molecule has 0 atom stereocenters. The van der Waals surface area contributed by atoms with Crippen LogP contribution in [0.25, 0.3) is 0 Å². The van der Waals surface area contributed by atoms with Gasteiger partial charge in [0.15, 0.2) is 0 Å². The van der Waals surface area contributed by atoms with Crippen LogP contribution in [0.1, 0.15) is 34.2 Å². The van der Waals surface area contributed by atoms with Crippen molar-refractivity contribution >= 4 is 34.8 Å². The normalized spacial score (nSPS) is 14.4. The summed E-state index contributed by atoms with van der Waals surface area (Å²) < 4.78 is 38.1. The van der Waals surface area contributed by atoms with E-state index in [1.165, 1.54) is 11.8 Å². The Morgan fingerprint density at radius 3 is 2.76 bits per heavy atom. The maximum Gasteiger partial charge on any atom is 0.427 e. The molecule has 134 valence electrons. The number of hydrogen-bond donors (Lipinski definition) is 3. The highest BCUT2D eigenvalue weighted by Crippen LogP contribution is 2.47. The highest BCUT2D eigenvalue weighted by atomic mass is 32.2. The van der Waals surface area contributed by atoms with Gasteiger partial charge in [0, 0.05) is 4.90 Å². The first-order valence-electron chi connectivity index (χ1n) is 7.43. The van der Waals surface area contributed by atoms with E-state index < -0.39 is 17.1 Å². The second-order valence-corrected chi connectivity index (χ2v) is 7.60.